The van der Waals surface area contributed by atoms with Crippen LogP contribution in [0.25, 0.3) is 0 Å². The predicted molar refractivity (Wildman–Crippen MR) is 146 cm³/mol. The van der Waals surface area contributed by atoms with E-state index < -0.39 is 23.8 Å². The van der Waals surface area contributed by atoms with E-state index in [4.69, 9.17) is 38.6 Å². The van der Waals surface area contributed by atoms with Crippen LogP contribution in [0.3, 0.4) is 0 Å². The van der Waals surface area contributed by atoms with E-state index in [-0.39, 0.29) is 89.9 Å². The molecule has 0 radical (unpaired) electrons. The summed E-state index contributed by atoms with van der Waals surface area (Å²) in [5.41, 5.74) is 0.558. The molecule has 14 nitrogen and oxygen atoms in total. The van der Waals surface area contributed by atoms with Gasteiger partial charge >= 0.3 is 11.9 Å². The van der Waals surface area contributed by atoms with Crippen LogP contribution in [0, 0.1) is 0 Å². The fraction of sp³-hybridized carbons (Fsp3) is 0.429. The monoisotopic (exact) mass is 590 g/mol. The Morgan fingerprint density at radius 2 is 0.905 bits per heavy atom. The predicted octanol–water partition coefficient (Wildman–Crippen LogP) is 1.36. The standard InChI is InChI=1S/C28H34N2O12/c31-25(32)5-7-29-27(35)19-1-3-21-23(17-19)41-15-11-38-12-16-42-24-18-20(28(36)30-8-6-26(33)34)2-4-22(24)40-14-10-37-9-13-39-21/h1-4,17-18H,5-16H2,(H,29,35)(H,30,36)(H,31,32)(H,33,34). The molecule has 0 aliphatic carbocycles. The first-order chi connectivity index (χ1) is 20.3. The molecule has 0 atom stereocenters. The summed E-state index contributed by atoms with van der Waals surface area (Å²) in [6, 6.07) is 9.30. The smallest absolute Gasteiger partial charge is 0.305 e. The fourth-order valence-corrected chi connectivity index (χ4v) is 3.58. The Bertz CT molecular complexity index is 1130. The minimum Gasteiger partial charge on any atom is -0.487 e. The molecule has 3 rings (SSSR count). The van der Waals surface area contributed by atoms with Gasteiger partial charge in [-0.25, -0.2) is 0 Å². The lowest BCUT2D eigenvalue weighted by Gasteiger charge is -2.16. The first-order valence-corrected chi connectivity index (χ1v) is 13.3. The van der Waals surface area contributed by atoms with E-state index in [1.54, 1.807) is 24.3 Å². The van der Waals surface area contributed by atoms with Crippen LogP contribution in [-0.2, 0) is 19.1 Å². The Hall–Kier alpha value is -4.56. The van der Waals surface area contributed by atoms with Gasteiger partial charge in [-0.15, -0.1) is 0 Å². The number of fused-ring (bicyclic) bond motifs is 2. The number of carbonyl (C=O) groups excluding carboxylic acids is 2. The van der Waals surface area contributed by atoms with Crippen LogP contribution in [0.1, 0.15) is 33.6 Å². The number of benzene rings is 2. The Morgan fingerprint density at radius 3 is 1.26 bits per heavy atom. The average molecular weight is 591 g/mol. The van der Waals surface area contributed by atoms with Gasteiger partial charge in [-0.1, -0.05) is 0 Å². The van der Waals surface area contributed by atoms with E-state index in [0.717, 1.165) is 0 Å². The summed E-state index contributed by atoms with van der Waals surface area (Å²) in [7, 11) is 0. The molecule has 1 aliphatic heterocycles. The highest BCUT2D eigenvalue weighted by Gasteiger charge is 2.15. The van der Waals surface area contributed by atoms with Crippen LogP contribution >= 0.6 is 0 Å². The van der Waals surface area contributed by atoms with Crippen LogP contribution in [0.15, 0.2) is 36.4 Å². The van der Waals surface area contributed by atoms with Crippen molar-refractivity contribution < 1.29 is 57.8 Å². The molecular formula is C28H34N2O12. The quantitative estimate of drug-likeness (QED) is 0.346. The van der Waals surface area contributed by atoms with Crippen molar-refractivity contribution in [2.75, 3.05) is 65.9 Å². The third kappa shape index (κ3) is 11.1. The molecule has 1 aliphatic rings. The van der Waals surface area contributed by atoms with Crippen molar-refractivity contribution in [3.63, 3.8) is 0 Å². The number of hydrogen-bond acceptors (Lipinski definition) is 10. The molecule has 0 saturated carbocycles. The zero-order chi connectivity index (χ0) is 30.2. The van der Waals surface area contributed by atoms with Gasteiger partial charge < -0.3 is 49.3 Å². The first kappa shape index (κ1) is 32.0. The normalized spacial score (nSPS) is 14.5. The minimum absolute atomic E-state index is 0.00858. The van der Waals surface area contributed by atoms with Crippen LogP contribution < -0.4 is 29.6 Å². The number of carbonyl (C=O) groups is 4. The highest BCUT2D eigenvalue weighted by molar-refractivity contribution is 5.95. The Labute approximate surface area is 241 Å². The van der Waals surface area contributed by atoms with Crippen LogP contribution in [0.2, 0.25) is 0 Å². The molecule has 0 bridgehead atoms. The number of hydrogen-bond donors (Lipinski definition) is 4. The van der Waals surface area contributed by atoms with E-state index in [1.807, 2.05) is 0 Å². The summed E-state index contributed by atoms with van der Waals surface area (Å²) in [4.78, 5) is 46.2. The van der Waals surface area contributed by atoms with E-state index in [1.165, 1.54) is 12.1 Å². The maximum absolute atomic E-state index is 12.4. The number of rotatable bonds is 8. The van der Waals surface area contributed by atoms with Gasteiger partial charge in [-0.2, -0.15) is 0 Å². The summed E-state index contributed by atoms with van der Waals surface area (Å²) in [5.74, 6) is -1.49. The second kappa shape index (κ2) is 17.3. The Morgan fingerprint density at radius 1 is 0.548 bits per heavy atom. The summed E-state index contributed by atoms with van der Waals surface area (Å²) in [6.45, 7) is 1.50. The number of amides is 2. The van der Waals surface area contributed by atoms with E-state index in [2.05, 4.69) is 10.6 Å². The number of aliphatic carboxylic acids is 2. The van der Waals surface area contributed by atoms with Crippen LogP contribution in [0.4, 0.5) is 0 Å². The van der Waals surface area contributed by atoms with Gasteiger partial charge in [0.05, 0.1) is 39.3 Å². The zero-order valence-corrected chi connectivity index (χ0v) is 22.9. The van der Waals surface area contributed by atoms with Crippen molar-refractivity contribution in [1.82, 2.24) is 10.6 Å². The molecule has 42 heavy (non-hydrogen) atoms. The van der Waals surface area contributed by atoms with Crippen molar-refractivity contribution in [2.24, 2.45) is 0 Å². The second-order valence-corrected chi connectivity index (χ2v) is 8.74. The number of nitrogens with one attached hydrogen (secondary N) is 2. The molecule has 0 saturated heterocycles. The van der Waals surface area contributed by atoms with Crippen LogP contribution in [0.5, 0.6) is 23.0 Å². The van der Waals surface area contributed by atoms with Gasteiger partial charge in [0.2, 0.25) is 0 Å². The molecule has 0 spiro atoms. The molecule has 2 aromatic carbocycles. The van der Waals surface area contributed by atoms with Gasteiger partial charge in [0, 0.05) is 24.2 Å². The molecule has 0 unspecified atom stereocenters. The highest BCUT2D eigenvalue weighted by Crippen LogP contribution is 2.30. The number of ether oxygens (including phenoxy) is 6. The van der Waals surface area contributed by atoms with Crippen LogP contribution in [-0.4, -0.2) is 99.9 Å². The molecule has 4 N–H and O–H groups in total. The molecule has 14 heteroatoms. The van der Waals surface area contributed by atoms with Gasteiger partial charge in [0.15, 0.2) is 23.0 Å². The van der Waals surface area contributed by atoms with E-state index >= 15 is 0 Å². The van der Waals surface area contributed by atoms with Gasteiger partial charge in [-0.05, 0) is 36.4 Å². The fourth-order valence-electron chi connectivity index (χ4n) is 3.58. The maximum Gasteiger partial charge on any atom is 0.305 e. The van der Waals surface area contributed by atoms with Crippen molar-refractivity contribution >= 4 is 23.8 Å². The van der Waals surface area contributed by atoms with E-state index in [0.29, 0.717) is 23.0 Å². The van der Waals surface area contributed by atoms with Gasteiger partial charge in [0.1, 0.15) is 26.4 Å². The molecule has 0 aromatic heterocycles. The maximum atomic E-state index is 12.4. The topological polar surface area (TPSA) is 188 Å². The molecule has 1 heterocycles. The first-order valence-electron chi connectivity index (χ1n) is 13.3. The van der Waals surface area contributed by atoms with Gasteiger partial charge in [-0.3, -0.25) is 19.2 Å². The molecule has 2 aromatic rings. The van der Waals surface area contributed by atoms with Crippen molar-refractivity contribution in [1.29, 1.82) is 0 Å². The number of carboxylic acids is 2. The number of carboxylic acid groups (broad SMARTS) is 2. The SMILES string of the molecule is O=C(O)CCNC(=O)c1ccc2c(c1)OCCOCCOc1cc(C(=O)NCCC(=O)O)ccc1OCCOCCO2. The lowest BCUT2D eigenvalue weighted by Crippen LogP contribution is -2.26. The third-order valence-electron chi connectivity index (χ3n) is 5.60. The van der Waals surface area contributed by atoms with Gasteiger partial charge in [0.25, 0.3) is 11.8 Å². The lowest BCUT2D eigenvalue weighted by atomic mass is 10.2. The Balaban J connectivity index is 1.60. The Kier molecular flexibility index (Phi) is 13.2. The molecule has 2 amide bonds. The molecule has 228 valence electrons. The lowest BCUT2D eigenvalue weighted by molar-refractivity contribution is -0.137. The van der Waals surface area contributed by atoms with Crippen molar-refractivity contribution in [3.8, 4) is 23.0 Å². The summed E-state index contributed by atoms with van der Waals surface area (Å²) in [5, 5.41) is 22.6. The van der Waals surface area contributed by atoms with Crippen molar-refractivity contribution in [2.45, 2.75) is 12.8 Å². The second-order valence-electron chi connectivity index (χ2n) is 8.74. The highest BCUT2D eigenvalue weighted by atomic mass is 16.6. The average Bonchev–Trinajstić information content (AvgIpc) is 2.96. The summed E-state index contributed by atoms with van der Waals surface area (Å²) < 4.78 is 34.4. The largest absolute Gasteiger partial charge is 0.487 e. The summed E-state index contributed by atoms with van der Waals surface area (Å²) >= 11 is 0. The minimum atomic E-state index is -1.01. The van der Waals surface area contributed by atoms with Crippen molar-refractivity contribution in [3.05, 3.63) is 47.5 Å². The zero-order valence-electron chi connectivity index (χ0n) is 22.9. The van der Waals surface area contributed by atoms with E-state index in [9.17, 15) is 19.2 Å². The molecule has 0 fully saturated rings. The third-order valence-corrected chi connectivity index (χ3v) is 5.60. The summed E-state index contributed by atoms with van der Waals surface area (Å²) in [6.07, 6.45) is -0.391. The molecular weight excluding hydrogens is 556 g/mol.